The van der Waals surface area contributed by atoms with Gasteiger partial charge in [-0.2, -0.15) is 0 Å². The molecule has 1 aromatic carbocycles. The molecule has 0 N–H and O–H groups in total. The van der Waals surface area contributed by atoms with Gasteiger partial charge in [0.15, 0.2) is 5.76 Å². The van der Waals surface area contributed by atoms with Gasteiger partial charge in [-0.1, -0.05) is 11.6 Å². The summed E-state index contributed by atoms with van der Waals surface area (Å²) in [6, 6.07) is 6.73. The zero-order valence-corrected chi connectivity index (χ0v) is 19.1. The number of hydrogen-bond acceptors (Lipinski definition) is 5. The quantitative estimate of drug-likeness (QED) is 0.676. The summed E-state index contributed by atoms with van der Waals surface area (Å²) in [5.74, 6) is -0.572. The Morgan fingerprint density at radius 3 is 2.12 bits per heavy atom. The van der Waals surface area contributed by atoms with Gasteiger partial charge < -0.3 is 19.1 Å². The summed E-state index contributed by atoms with van der Waals surface area (Å²) in [4.78, 5) is 45.4. The Bertz CT molecular complexity index is 1020. The molecule has 3 heterocycles. The Kier molecular flexibility index (Phi) is 6.99. The van der Waals surface area contributed by atoms with Crippen LogP contribution < -0.4 is 0 Å². The average molecular weight is 477 g/mol. The topological polar surface area (TPSA) is 77.3 Å². The van der Waals surface area contributed by atoms with E-state index in [0.29, 0.717) is 58.1 Å². The van der Waals surface area contributed by atoms with Crippen LogP contribution in [0.1, 0.15) is 27.8 Å². The minimum atomic E-state index is -0.486. The van der Waals surface area contributed by atoms with Crippen molar-refractivity contribution in [2.75, 3.05) is 52.4 Å². The fraction of sp³-hybridized carbons (Fsp3) is 0.435. The predicted molar refractivity (Wildman–Crippen MR) is 120 cm³/mol. The number of rotatable bonds is 4. The summed E-state index contributed by atoms with van der Waals surface area (Å²) in [7, 11) is 0. The van der Waals surface area contributed by atoms with Gasteiger partial charge >= 0.3 is 0 Å². The van der Waals surface area contributed by atoms with E-state index < -0.39 is 5.82 Å². The van der Waals surface area contributed by atoms with Gasteiger partial charge in [0.05, 0.1) is 22.9 Å². The molecular weight excluding hydrogens is 451 g/mol. The highest BCUT2D eigenvalue weighted by atomic mass is 35.5. The van der Waals surface area contributed by atoms with Crippen molar-refractivity contribution < 1.29 is 23.2 Å². The molecule has 2 aliphatic heterocycles. The summed E-state index contributed by atoms with van der Waals surface area (Å²) in [5.41, 5.74) is 0.276. The van der Waals surface area contributed by atoms with Crippen LogP contribution in [0.3, 0.4) is 0 Å². The SMILES string of the molecule is CC(C(=O)N1CCN(C(=O)c2ccco2)CC1)N1CCN(C(=O)c2ccc(F)cc2Cl)CC1. The first-order chi connectivity index (χ1) is 15.8. The lowest BCUT2D eigenvalue weighted by atomic mass is 10.1. The minimum absolute atomic E-state index is 0.0152. The molecule has 176 valence electrons. The van der Waals surface area contributed by atoms with Crippen molar-refractivity contribution in [1.29, 1.82) is 0 Å². The zero-order valence-electron chi connectivity index (χ0n) is 18.4. The molecule has 3 amide bonds. The number of halogens is 2. The van der Waals surface area contributed by atoms with E-state index in [4.69, 9.17) is 16.0 Å². The molecule has 0 spiro atoms. The van der Waals surface area contributed by atoms with Gasteiger partial charge in [0.2, 0.25) is 5.91 Å². The second-order valence-corrected chi connectivity index (χ2v) is 8.63. The second kappa shape index (κ2) is 9.93. The van der Waals surface area contributed by atoms with E-state index in [9.17, 15) is 18.8 Å². The minimum Gasteiger partial charge on any atom is -0.459 e. The smallest absolute Gasteiger partial charge is 0.289 e. The summed E-state index contributed by atoms with van der Waals surface area (Å²) < 4.78 is 18.4. The number of piperazine rings is 2. The molecule has 1 aromatic heterocycles. The van der Waals surface area contributed by atoms with Crippen LogP contribution in [0.15, 0.2) is 41.0 Å². The van der Waals surface area contributed by atoms with Crippen LogP contribution in [-0.2, 0) is 4.79 Å². The Balaban J connectivity index is 1.27. The summed E-state index contributed by atoms with van der Waals surface area (Å²) in [5, 5.41) is 0.0932. The molecular formula is C23H26ClFN4O4. The molecule has 8 nitrogen and oxygen atoms in total. The number of nitrogens with zero attached hydrogens (tertiary/aromatic N) is 4. The lowest BCUT2D eigenvalue weighted by Gasteiger charge is -2.41. The molecule has 10 heteroatoms. The van der Waals surface area contributed by atoms with E-state index >= 15 is 0 Å². The maximum absolute atomic E-state index is 13.3. The van der Waals surface area contributed by atoms with Crippen molar-refractivity contribution in [3.63, 3.8) is 0 Å². The molecule has 33 heavy (non-hydrogen) atoms. The second-order valence-electron chi connectivity index (χ2n) is 8.22. The van der Waals surface area contributed by atoms with E-state index in [1.807, 2.05) is 6.92 Å². The van der Waals surface area contributed by atoms with Crippen LogP contribution >= 0.6 is 11.6 Å². The molecule has 0 saturated carbocycles. The van der Waals surface area contributed by atoms with Crippen molar-refractivity contribution in [3.05, 3.63) is 58.8 Å². The van der Waals surface area contributed by atoms with Crippen LogP contribution in [0.5, 0.6) is 0 Å². The van der Waals surface area contributed by atoms with Crippen molar-refractivity contribution >= 4 is 29.3 Å². The molecule has 2 aromatic rings. The summed E-state index contributed by atoms with van der Waals surface area (Å²) >= 11 is 6.03. The largest absolute Gasteiger partial charge is 0.459 e. The first kappa shape index (κ1) is 23.3. The van der Waals surface area contributed by atoms with Gasteiger partial charge in [0.25, 0.3) is 11.8 Å². The third-order valence-corrected chi connectivity index (χ3v) is 6.59. The van der Waals surface area contributed by atoms with Gasteiger partial charge in [-0.3, -0.25) is 19.3 Å². The maximum atomic E-state index is 13.3. The lowest BCUT2D eigenvalue weighted by Crippen LogP contribution is -2.58. The van der Waals surface area contributed by atoms with Crippen LogP contribution in [0.2, 0.25) is 5.02 Å². The number of carbonyl (C=O) groups excluding carboxylic acids is 3. The maximum Gasteiger partial charge on any atom is 0.289 e. The zero-order chi connectivity index (χ0) is 23.5. The number of carbonyl (C=O) groups is 3. The highest BCUT2D eigenvalue weighted by molar-refractivity contribution is 6.33. The average Bonchev–Trinajstić information content (AvgIpc) is 3.37. The van der Waals surface area contributed by atoms with Crippen LogP contribution in [0, 0.1) is 5.82 Å². The Labute approximate surface area is 196 Å². The molecule has 2 aliphatic rings. The van der Waals surface area contributed by atoms with E-state index in [-0.39, 0.29) is 34.3 Å². The van der Waals surface area contributed by atoms with Crippen molar-refractivity contribution in [1.82, 2.24) is 19.6 Å². The molecule has 1 unspecified atom stereocenters. The summed E-state index contributed by atoms with van der Waals surface area (Å²) in [6.45, 7) is 5.73. The molecule has 2 fully saturated rings. The molecule has 0 bridgehead atoms. The standard InChI is InChI=1S/C23H26ClFN4O4/c1-16(21(30)27-10-12-29(13-11-27)23(32)20-3-2-14-33-20)26-6-8-28(9-7-26)22(31)18-5-4-17(25)15-19(18)24/h2-5,14-16H,6-13H2,1H3. The molecule has 1 atom stereocenters. The third-order valence-electron chi connectivity index (χ3n) is 6.28. The molecule has 0 radical (unpaired) electrons. The normalized spacial score (nSPS) is 18.3. The van der Waals surface area contributed by atoms with Gasteiger partial charge in [-0.25, -0.2) is 4.39 Å². The Morgan fingerprint density at radius 2 is 1.52 bits per heavy atom. The predicted octanol–water partition coefficient (Wildman–Crippen LogP) is 2.20. The number of benzene rings is 1. The van der Waals surface area contributed by atoms with Crippen molar-refractivity contribution in [2.24, 2.45) is 0 Å². The fourth-order valence-electron chi connectivity index (χ4n) is 4.25. The monoisotopic (exact) mass is 476 g/mol. The number of hydrogen-bond donors (Lipinski definition) is 0. The highest BCUT2D eigenvalue weighted by Gasteiger charge is 2.33. The first-order valence-corrected chi connectivity index (χ1v) is 11.3. The van der Waals surface area contributed by atoms with Crippen LogP contribution in [-0.4, -0.2) is 95.7 Å². The molecule has 4 rings (SSSR count). The van der Waals surface area contributed by atoms with E-state index in [1.165, 1.54) is 18.4 Å². The van der Waals surface area contributed by atoms with E-state index in [0.717, 1.165) is 6.07 Å². The first-order valence-electron chi connectivity index (χ1n) is 10.9. The number of furan rings is 1. The number of amides is 3. The van der Waals surface area contributed by atoms with Gasteiger partial charge in [0, 0.05) is 52.4 Å². The lowest BCUT2D eigenvalue weighted by molar-refractivity contribution is -0.138. The third kappa shape index (κ3) is 5.04. The van der Waals surface area contributed by atoms with Crippen molar-refractivity contribution in [2.45, 2.75) is 13.0 Å². The van der Waals surface area contributed by atoms with E-state index in [2.05, 4.69) is 4.90 Å². The van der Waals surface area contributed by atoms with Gasteiger partial charge in [0.1, 0.15) is 5.82 Å². The van der Waals surface area contributed by atoms with Crippen LogP contribution in [0.25, 0.3) is 0 Å². The Morgan fingerprint density at radius 1 is 0.909 bits per heavy atom. The fourth-order valence-corrected chi connectivity index (χ4v) is 4.50. The van der Waals surface area contributed by atoms with E-state index in [1.54, 1.807) is 26.8 Å². The van der Waals surface area contributed by atoms with Gasteiger partial charge in [-0.05, 0) is 37.3 Å². The van der Waals surface area contributed by atoms with Crippen LogP contribution in [0.4, 0.5) is 4.39 Å². The van der Waals surface area contributed by atoms with Gasteiger partial charge in [-0.15, -0.1) is 0 Å². The molecule has 0 aliphatic carbocycles. The summed E-state index contributed by atoms with van der Waals surface area (Å²) in [6.07, 6.45) is 1.47. The van der Waals surface area contributed by atoms with Crippen molar-refractivity contribution in [3.8, 4) is 0 Å². The Hall–Kier alpha value is -2.91. The highest BCUT2D eigenvalue weighted by Crippen LogP contribution is 2.20. The molecule has 2 saturated heterocycles.